The summed E-state index contributed by atoms with van der Waals surface area (Å²) >= 11 is 11.4. The SMILES string of the molecule is NCCOCCn1cc(Cl)cc(Cl)c1=O. The van der Waals surface area contributed by atoms with Crippen LogP contribution >= 0.6 is 23.2 Å². The van der Waals surface area contributed by atoms with Gasteiger partial charge in [0.15, 0.2) is 0 Å². The summed E-state index contributed by atoms with van der Waals surface area (Å²) in [6.45, 7) is 1.77. The monoisotopic (exact) mass is 250 g/mol. The van der Waals surface area contributed by atoms with Crippen molar-refractivity contribution in [2.45, 2.75) is 6.54 Å². The summed E-state index contributed by atoms with van der Waals surface area (Å²) < 4.78 is 6.57. The van der Waals surface area contributed by atoms with Gasteiger partial charge in [0, 0.05) is 19.3 Å². The molecule has 1 rings (SSSR count). The molecule has 4 nitrogen and oxygen atoms in total. The average Bonchev–Trinajstić information content (AvgIpc) is 2.19. The maximum atomic E-state index is 11.5. The normalized spacial score (nSPS) is 10.6. The maximum Gasteiger partial charge on any atom is 0.269 e. The van der Waals surface area contributed by atoms with Crippen LogP contribution < -0.4 is 11.3 Å². The zero-order valence-electron chi connectivity index (χ0n) is 8.08. The standard InChI is InChI=1S/C9H12Cl2N2O2/c10-7-5-8(11)9(14)13(6-7)2-4-15-3-1-12/h5-6H,1-4,12H2. The molecule has 6 heteroatoms. The lowest BCUT2D eigenvalue weighted by molar-refractivity contribution is 0.132. The highest BCUT2D eigenvalue weighted by Crippen LogP contribution is 2.10. The van der Waals surface area contributed by atoms with Crippen molar-refractivity contribution in [3.63, 3.8) is 0 Å². The molecule has 0 saturated carbocycles. The average molecular weight is 251 g/mol. The predicted octanol–water partition coefficient (Wildman–Crippen LogP) is 1.13. The van der Waals surface area contributed by atoms with Gasteiger partial charge in [-0.3, -0.25) is 4.79 Å². The Bertz CT molecular complexity index is 379. The molecule has 1 aromatic heterocycles. The van der Waals surface area contributed by atoms with E-state index in [1.165, 1.54) is 16.8 Å². The first kappa shape index (κ1) is 12.5. The van der Waals surface area contributed by atoms with Gasteiger partial charge in [-0.25, -0.2) is 0 Å². The van der Waals surface area contributed by atoms with E-state index in [0.29, 0.717) is 31.3 Å². The van der Waals surface area contributed by atoms with Crippen molar-refractivity contribution in [1.29, 1.82) is 0 Å². The van der Waals surface area contributed by atoms with E-state index >= 15 is 0 Å². The van der Waals surface area contributed by atoms with Crippen LogP contribution in [0.1, 0.15) is 0 Å². The maximum absolute atomic E-state index is 11.5. The van der Waals surface area contributed by atoms with Crippen molar-refractivity contribution in [3.05, 3.63) is 32.7 Å². The molecule has 0 saturated heterocycles. The van der Waals surface area contributed by atoms with Gasteiger partial charge in [-0.2, -0.15) is 0 Å². The Hall–Kier alpha value is -0.550. The lowest BCUT2D eigenvalue weighted by Crippen LogP contribution is -2.23. The molecule has 1 heterocycles. The Morgan fingerprint density at radius 1 is 1.40 bits per heavy atom. The summed E-state index contributed by atoms with van der Waals surface area (Å²) in [6, 6.07) is 1.42. The second-order valence-corrected chi connectivity index (χ2v) is 3.75. The van der Waals surface area contributed by atoms with Crippen LogP contribution in [0.2, 0.25) is 10.0 Å². The van der Waals surface area contributed by atoms with Gasteiger partial charge in [-0.15, -0.1) is 0 Å². The van der Waals surface area contributed by atoms with E-state index in [2.05, 4.69) is 0 Å². The number of ether oxygens (including phenoxy) is 1. The molecular weight excluding hydrogens is 239 g/mol. The van der Waals surface area contributed by atoms with Crippen molar-refractivity contribution >= 4 is 23.2 Å². The number of aromatic nitrogens is 1. The summed E-state index contributed by atoms with van der Waals surface area (Å²) in [7, 11) is 0. The Morgan fingerprint density at radius 2 is 2.13 bits per heavy atom. The van der Waals surface area contributed by atoms with Crippen LogP contribution in [-0.2, 0) is 11.3 Å². The molecule has 0 bridgehead atoms. The summed E-state index contributed by atoms with van der Waals surface area (Å²) in [5, 5.41) is 0.541. The van der Waals surface area contributed by atoms with Gasteiger partial charge in [0.1, 0.15) is 5.02 Å². The molecule has 0 fully saturated rings. The van der Waals surface area contributed by atoms with Crippen LogP contribution in [0.5, 0.6) is 0 Å². The van der Waals surface area contributed by atoms with Crippen LogP contribution in [0.4, 0.5) is 0 Å². The first-order valence-corrected chi connectivity index (χ1v) is 5.24. The van der Waals surface area contributed by atoms with Gasteiger partial charge in [-0.1, -0.05) is 23.2 Å². The number of hydrogen-bond donors (Lipinski definition) is 1. The molecule has 1 aromatic rings. The molecule has 0 aliphatic carbocycles. The van der Waals surface area contributed by atoms with E-state index in [0.717, 1.165) is 0 Å². The van der Waals surface area contributed by atoms with Gasteiger partial charge in [0.2, 0.25) is 0 Å². The largest absolute Gasteiger partial charge is 0.378 e. The number of halogens is 2. The number of nitrogens with two attached hydrogens (primary N) is 1. The van der Waals surface area contributed by atoms with Crippen molar-refractivity contribution in [3.8, 4) is 0 Å². The third kappa shape index (κ3) is 3.83. The van der Waals surface area contributed by atoms with E-state index in [-0.39, 0.29) is 10.6 Å². The quantitative estimate of drug-likeness (QED) is 0.798. The number of rotatable bonds is 5. The van der Waals surface area contributed by atoms with E-state index < -0.39 is 0 Å². The molecule has 0 radical (unpaired) electrons. The number of pyridine rings is 1. The Labute approximate surface area is 97.5 Å². The van der Waals surface area contributed by atoms with Gasteiger partial charge < -0.3 is 15.0 Å². The van der Waals surface area contributed by atoms with E-state index in [9.17, 15) is 4.79 Å². The summed E-state index contributed by atoms with van der Waals surface area (Å²) in [4.78, 5) is 11.5. The van der Waals surface area contributed by atoms with Crippen molar-refractivity contribution in [1.82, 2.24) is 4.57 Å². The zero-order valence-corrected chi connectivity index (χ0v) is 9.59. The minimum Gasteiger partial charge on any atom is -0.378 e. The van der Waals surface area contributed by atoms with Crippen LogP contribution in [0, 0.1) is 0 Å². The highest BCUT2D eigenvalue weighted by molar-refractivity contribution is 6.34. The number of hydrogen-bond acceptors (Lipinski definition) is 3. The summed E-state index contributed by atoms with van der Waals surface area (Å²) in [6.07, 6.45) is 1.53. The minimum absolute atomic E-state index is 0.112. The molecule has 2 N–H and O–H groups in total. The van der Waals surface area contributed by atoms with Gasteiger partial charge in [-0.05, 0) is 6.07 Å². The molecule has 0 aliphatic rings. The van der Waals surface area contributed by atoms with Crippen molar-refractivity contribution in [2.24, 2.45) is 5.73 Å². The molecule has 0 aliphatic heterocycles. The van der Waals surface area contributed by atoms with E-state index in [1.54, 1.807) is 0 Å². The Kier molecular flexibility index (Phi) is 5.11. The number of nitrogens with zero attached hydrogens (tertiary/aromatic N) is 1. The fourth-order valence-electron chi connectivity index (χ4n) is 1.08. The van der Waals surface area contributed by atoms with Crippen LogP contribution in [0.25, 0.3) is 0 Å². The Balaban J connectivity index is 2.64. The zero-order chi connectivity index (χ0) is 11.3. The van der Waals surface area contributed by atoms with Crippen molar-refractivity contribution < 1.29 is 4.74 Å². The topological polar surface area (TPSA) is 57.2 Å². The van der Waals surface area contributed by atoms with Gasteiger partial charge >= 0.3 is 0 Å². The molecule has 0 unspecified atom stereocenters. The van der Waals surface area contributed by atoms with E-state index in [1.807, 2.05) is 0 Å². The third-order valence-electron chi connectivity index (χ3n) is 1.75. The fraction of sp³-hybridized carbons (Fsp3) is 0.444. The van der Waals surface area contributed by atoms with Crippen LogP contribution in [-0.4, -0.2) is 24.3 Å². The molecule has 0 atom stereocenters. The van der Waals surface area contributed by atoms with Crippen molar-refractivity contribution in [2.75, 3.05) is 19.8 Å². The van der Waals surface area contributed by atoms with E-state index in [4.69, 9.17) is 33.7 Å². The molecule has 0 aromatic carbocycles. The molecule has 0 amide bonds. The minimum atomic E-state index is -0.266. The molecule has 0 spiro atoms. The smallest absolute Gasteiger partial charge is 0.269 e. The molecular formula is C9H12Cl2N2O2. The van der Waals surface area contributed by atoms with Crippen LogP contribution in [0.15, 0.2) is 17.1 Å². The second-order valence-electron chi connectivity index (χ2n) is 2.91. The first-order chi connectivity index (χ1) is 7.15. The van der Waals surface area contributed by atoms with Crippen LogP contribution in [0.3, 0.4) is 0 Å². The lowest BCUT2D eigenvalue weighted by atomic mass is 10.4. The van der Waals surface area contributed by atoms with Gasteiger partial charge in [0.05, 0.1) is 18.2 Å². The molecule has 84 valence electrons. The summed E-state index contributed by atoms with van der Waals surface area (Å²) in [5.41, 5.74) is 4.98. The fourth-order valence-corrected chi connectivity index (χ4v) is 1.59. The lowest BCUT2D eigenvalue weighted by Gasteiger charge is -2.07. The van der Waals surface area contributed by atoms with Gasteiger partial charge in [0.25, 0.3) is 5.56 Å². The molecule has 15 heavy (non-hydrogen) atoms. The summed E-state index contributed by atoms with van der Waals surface area (Å²) in [5.74, 6) is 0. The predicted molar refractivity (Wildman–Crippen MR) is 60.6 cm³/mol. The highest BCUT2D eigenvalue weighted by Gasteiger charge is 2.03. The third-order valence-corrected chi connectivity index (χ3v) is 2.23. The first-order valence-electron chi connectivity index (χ1n) is 4.48. The Morgan fingerprint density at radius 3 is 2.80 bits per heavy atom. The highest BCUT2D eigenvalue weighted by atomic mass is 35.5. The second kappa shape index (κ2) is 6.12.